The number of rotatable bonds is 3. The second-order valence-electron chi connectivity index (χ2n) is 3.93. The fraction of sp³-hybridized carbons (Fsp3) is 0.500. The Morgan fingerprint density at radius 2 is 2.40 bits per heavy atom. The van der Waals surface area contributed by atoms with Crippen LogP contribution in [-0.2, 0) is 11.2 Å². The molecule has 1 aliphatic carbocycles. The van der Waals surface area contributed by atoms with Crippen LogP contribution in [0.25, 0.3) is 0 Å². The summed E-state index contributed by atoms with van der Waals surface area (Å²) in [5.74, 6) is 0.341. The fourth-order valence-electron chi connectivity index (χ4n) is 2.08. The molecule has 0 aromatic carbocycles. The van der Waals surface area contributed by atoms with Gasteiger partial charge in [0.15, 0.2) is 5.78 Å². The molecule has 80 valence electrons. The number of ketones is 2. The smallest absolute Gasteiger partial charge is 0.176 e. The van der Waals surface area contributed by atoms with E-state index in [0.717, 1.165) is 12.2 Å². The lowest BCUT2D eigenvalue weighted by atomic mass is 9.83. The molecule has 2 rings (SSSR count). The van der Waals surface area contributed by atoms with Crippen LogP contribution in [-0.4, -0.2) is 11.6 Å². The monoisotopic (exact) mass is 206 g/mol. The zero-order chi connectivity index (χ0) is 10.8. The highest BCUT2D eigenvalue weighted by Crippen LogP contribution is 2.27. The first-order valence-electron chi connectivity index (χ1n) is 5.37. The van der Waals surface area contributed by atoms with Crippen molar-refractivity contribution in [1.29, 1.82) is 0 Å². The van der Waals surface area contributed by atoms with Crippen molar-refractivity contribution in [3.63, 3.8) is 0 Å². The van der Waals surface area contributed by atoms with Crippen molar-refractivity contribution in [3.8, 4) is 0 Å². The molecule has 0 amide bonds. The Kier molecular flexibility index (Phi) is 2.71. The SMILES string of the molecule is CCCC(=O)C1CCc2occc2C1=O. The highest BCUT2D eigenvalue weighted by molar-refractivity contribution is 6.11. The number of Topliss-reactive ketones (excluding diaryl/α,β-unsaturated/α-hetero) is 2. The molecule has 0 aliphatic heterocycles. The summed E-state index contributed by atoms with van der Waals surface area (Å²) in [4.78, 5) is 23.6. The lowest BCUT2D eigenvalue weighted by molar-refractivity contribution is -0.121. The van der Waals surface area contributed by atoms with Gasteiger partial charge in [0.2, 0.25) is 0 Å². The molecule has 15 heavy (non-hydrogen) atoms. The van der Waals surface area contributed by atoms with Crippen LogP contribution in [0, 0.1) is 5.92 Å². The van der Waals surface area contributed by atoms with Crippen molar-refractivity contribution in [2.45, 2.75) is 32.6 Å². The van der Waals surface area contributed by atoms with Gasteiger partial charge in [-0.05, 0) is 18.9 Å². The molecule has 1 aromatic rings. The molecule has 0 N–H and O–H groups in total. The number of carbonyl (C=O) groups is 2. The average molecular weight is 206 g/mol. The molecule has 0 saturated carbocycles. The molecule has 1 unspecified atom stereocenters. The Morgan fingerprint density at radius 1 is 1.60 bits per heavy atom. The number of carbonyl (C=O) groups excluding carboxylic acids is 2. The second kappa shape index (κ2) is 4.01. The number of hydrogen-bond acceptors (Lipinski definition) is 3. The standard InChI is InChI=1S/C12H14O3/c1-2-3-10(13)8-4-5-11-9(12(8)14)6-7-15-11/h6-8H,2-5H2,1H3. The van der Waals surface area contributed by atoms with Crippen molar-refractivity contribution >= 4 is 11.6 Å². The lowest BCUT2D eigenvalue weighted by Crippen LogP contribution is -2.28. The second-order valence-corrected chi connectivity index (χ2v) is 3.93. The summed E-state index contributed by atoms with van der Waals surface area (Å²) in [7, 11) is 0. The van der Waals surface area contributed by atoms with Crippen LogP contribution in [0.4, 0.5) is 0 Å². The van der Waals surface area contributed by atoms with E-state index in [9.17, 15) is 9.59 Å². The van der Waals surface area contributed by atoms with Gasteiger partial charge < -0.3 is 4.42 Å². The molecule has 1 aliphatic rings. The van der Waals surface area contributed by atoms with Crippen LogP contribution < -0.4 is 0 Å². The molecule has 1 atom stereocenters. The number of fused-ring (bicyclic) bond motifs is 1. The summed E-state index contributed by atoms with van der Waals surface area (Å²) in [6, 6.07) is 1.67. The molecular formula is C12H14O3. The first-order valence-corrected chi connectivity index (χ1v) is 5.37. The molecule has 0 radical (unpaired) electrons. The molecule has 0 fully saturated rings. The maximum absolute atomic E-state index is 11.9. The Hall–Kier alpha value is -1.38. The lowest BCUT2D eigenvalue weighted by Gasteiger charge is -2.18. The quantitative estimate of drug-likeness (QED) is 0.713. The minimum atomic E-state index is -0.421. The van der Waals surface area contributed by atoms with Crippen LogP contribution >= 0.6 is 0 Å². The zero-order valence-electron chi connectivity index (χ0n) is 8.79. The first kappa shape index (κ1) is 10.1. The highest BCUT2D eigenvalue weighted by Gasteiger charge is 2.33. The number of hydrogen-bond donors (Lipinski definition) is 0. The van der Waals surface area contributed by atoms with Crippen molar-refractivity contribution in [2.75, 3.05) is 0 Å². The fourth-order valence-corrected chi connectivity index (χ4v) is 2.08. The van der Waals surface area contributed by atoms with Gasteiger partial charge in [-0.25, -0.2) is 0 Å². The van der Waals surface area contributed by atoms with Gasteiger partial charge in [-0.1, -0.05) is 6.92 Å². The molecule has 3 heteroatoms. The minimum Gasteiger partial charge on any atom is -0.469 e. The van der Waals surface area contributed by atoms with Crippen LogP contribution in [0.15, 0.2) is 16.7 Å². The summed E-state index contributed by atoms with van der Waals surface area (Å²) in [6.45, 7) is 1.95. The van der Waals surface area contributed by atoms with Crippen molar-refractivity contribution in [1.82, 2.24) is 0 Å². The van der Waals surface area contributed by atoms with E-state index < -0.39 is 5.92 Å². The van der Waals surface area contributed by atoms with Crippen molar-refractivity contribution in [2.24, 2.45) is 5.92 Å². The van der Waals surface area contributed by atoms with Crippen LogP contribution in [0.2, 0.25) is 0 Å². The molecule has 0 saturated heterocycles. The van der Waals surface area contributed by atoms with Gasteiger partial charge >= 0.3 is 0 Å². The van der Waals surface area contributed by atoms with E-state index in [0.29, 0.717) is 24.8 Å². The summed E-state index contributed by atoms with van der Waals surface area (Å²) in [5, 5.41) is 0. The van der Waals surface area contributed by atoms with E-state index >= 15 is 0 Å². The summed E-state index contributed by atoms with van der Waals surface area (Å²) < 4.78 is 5.18. The summed E-state index contributed by atoms with van der Waals surface area (Å²) >= 11 is 0. The van der Waals surface area contributed by atoms with Gasteiger partial charge in [0, 0.05) is 12.8 Å². The van der Waals surface area contributed by atoms with Gasteiger partial charge in [0.25, 0.3) is 0 Å². The van der Waals surface area contributed by atoms with E-state index in [2.05, 4.69) is 0 Å². The van der Waals surface area contributed by atoms with Crippen LogP contribution in [0.1, 0.15) is 42.3 Å². The predicted octanol–water partition coefficient (Wildman–Crippen LogP) is 2.39. The van der Waals surface area contributed by atoms with E-state index in [1.807, 2.05) is 6.92 Å². The third-order valence-electron chi connectivity index (χ3n) is 2.87. The molecule has 0 bridgehead atoms. The normalized spacial score (nSPS) is 20.1. The third kappa shape index (κ3) is 1.74. The van der Waals surface area contributed by atoms with E-state index in [1.165, 1.54) is 6.26 Å². The number of furan rings is 1. The third-order valence-corrected chi connectivity index (χ3v) is 2.87. The number of aryl methyl sites for hydroxylation is 1. The average Bonchev–Trinajstić information content (AvgIpc) is 2.67. The van der Waals surface area contributed by atoms with Gasteiger partial charge in [0.1, 0.15) is 11.5 Å². The molecule has 1 aromatic heterocycles. The minimum absolute atomic E-state index is 0.0524. The van der Waals surface area contributed by atoms with Crippen LogP contribution in [0.5, 0.6) is 0 Å². The maximum Gasteiger partial charge on any atom is 0.176 e. The van der Waals surface area contributed by atoms with Gasteiger partial charge in [-0.2, -0.15) is 0 Å². The van der Waals surface area contributed by atoms with E-state index in [1.54, 1.807) is 6.07 Å². The Labute approximate surface area is 88.5 Å². The molecule has 3 nitrogen and oxygen atoms in total. The molecular weight excluding hydrogens is 192 g/mol. The first-order chi connectivity index (χ1) is 7.24. The van der Waals surface area contributed by atoms with Crippen molar-refractivity contribution < 1.29 is 14.0 Å². The Balaban J connectivity index is 2.20. The maximum atomic E-state index is 11.9. The Morgan fingerprint density at radius 3 is 3.13 bits per heavy atom. The zero-order valence-corrected chi connectivity index (χ0v) is 8.79. The Bertz CT molecular complexity index is 389. The highest BCUT2D eigenvalue weighted by atomic mass is 16.3. The van der Waals surface area contributed by atoms with Gasteiger partial charge in [-0.15, -0.1) is 0 Å². The summed E-state index contributed by atoms with van der Waals surface area (Å²) in [5.41, 5.74) is 0.607. The van der Waals surface area contributed by atoms with Crippen LogP contribution in [0.3, 0.4) is 0 Å². The van der Waals surface area contributed by atoms with E-state index in [-0.39, 0.29) is 11.6 Å². The summed E-state index contributed by atoms with van der Waals surface area (Å²) in [6.07, 6.45) is 4.14. The van der Waals surface area contributed by atoms with Crippen molar-refractivity contribution in [3.05, 3.63) is 23.7 Å². The predicted molar refractivity (Wildman–Crippen MR) is 54.8 cm³/mol. The molecule has 0 spiro atoms. The topological polar surface area (TPSA) is 47.3 Å². The molecule has 1 heterocycles. The largest absolute Gasteiger partial charge is 0.469 e. The van der Waals surface area contributed by atoms with E-state index in [4.69, 9.17) is 4.42 Å². The van der Waals surface area contributed by atoms with Gasteiger partial charge in [0.05, 0.1) is 17.7 Å². The van der Waals surface area contributed by atoms with Gasteiger partial charge in [-0.3, -0.25) is 9.59 Å².